The molecule has 0 aliphatic carbocycles. The lowest BCUT2D eigenvalue weighted by atomic mass is 10.1. The molecule has 2 nitrogen and oxygen atoms in total. The summed E-state index contributed by atoms with van der Waals surface area (Å²) in [6.07, 6.45) is 4.61. The largest absolute Gasteiger partial charge is 0.384 e. The molecular weight excluding hydrogens is 210 g/mol. The monoisotopic (exact) mass is 235 g/mol. The number of rotatable bonds is 8. The first-order chi connectivity index (χ1) is 8.31. The fraction of sp³-hybridized carbons (Fsp3) is 0.600. The van der Waals surface area contributed by atoms with Gasteiger partial charge in [0.05, 0.1) is 6.61 Å². The van der Waals surface area contributed by atoms with Gasteiger partial charge >= 0.3 is 0 Å². The Hall–Kier alpha value is -1.02. The number of para-hydroxylation sites is 1. The molecule has 0 fully saturated rings. The molecule has 1 atom stereocenters. The van der Waals surface area contributed by atoms with Gasteiger partial charge in [-0.2, -0.15) is 0 Å². The number of ether oxygens (including phenoxy) is 1. The van der Waals surface area contributed by atoms with Gasteiger partial charge in [-0.15, -0.1) is 0 Å². The molecule has 0 bridgehead atoms. The van der Waals surface area contributed by atoms with E-state index in [1.54, 1.807) is 7.11 Å². The second-order valence-corrected chi connectivity index (χ2v) is 4.44. The fourth-order valence-corrected chi connectivity index (χ4v) is 2.04. The molecular formula is C15H25NO. The van der Waals surface area contributed by atoms with Crippen molar-refractivity contribution in [2.24, 2.45) is 0 Å². The Labute approximate surface area is 105 Å². The molecule has 1 rings (SSSR count). The predicted octanol–water partition coefficient (Wildman–Crippen LogP) is 3.87. The molecule has 1 aromatic carbocycles. The zero-order valence-corrected chi connectivity index (χ0v) is 11.3. The van der Waals surface area contributed by atoms with Crippen LogP contribution in [0.5, 0.6) is 0 Å². The highest BCUT2D eigenvalue weighted by Gasteiger charge is 2.07. The molecule has 0 spiro atoms. The van der Waals surface area contributed by atoms with E-state index in [1.807, 2.05) is 0 Å². The van der Waals surface area contributed by atoms with Crippen LogP contribution in [0.4, 0.5) is 5.69 Å². The van der Waals surface area contributed by atoms with Gasteiger partial charge in [-0.3, -0.25) is 0 Å². The molecule has 0 aliphatic rings. The summed E-state index contributed by atoms with van der Waals surface area (Å²) in [7, 11) is 1.75. The minimum absolute atomic E-state index is 0.587. The average Bonchev–Trinajstić information content (AvgIpc) is 2.37. The van der Waals surface area contributed by atoms with E-state index >= 15 is 0 Å². The highest BCUT2D eigenvalue weighted by Crippen LogP contribution is 2.19. The maximum atomic E-state index is 5.15. The van der Waals surface area contributed by atoms with Crippen LogP contribution in [0.15, 0.2) is 24.3 Å². The van der Waals surface area contributed by atoms with Gasteiger partial charge in [0.2, 0.25) is 0 Å². The summed E-state index contributed by atoms with van der Waals surface area (Å²) in [5.74, 6) is 0. The van der Waals surface area contributed by atoms with Gasteiger partial charge in [0, 0.05) is 18.8 Å². The van der Waals surface area contributed by atoms with Crippen LogP contribution in [-0.4, -0.2) is 19.8 Å². The number of hydrogen-bond acceptors (Lipinski definition) is 2. The van der Waals surface area contributed by atoms with Gasteiger partial charge < -0.3 is 10.1 Å². The quantitative estimate of drug-likeness (QED) is 0.738. The minimum Gasteiger partial charge on any atom is -0.384 e. The van der Waals surface area contributed by atoms with Crippen molar-refractivity contribution in [2.75, 3.05) is 19.0 Å². The third kappa shape index (κ3) is 4.78. The van der Waals surface area contributed by atoms with E-state index in [0.29, 0.717) is 6.04 Å². The van der Waals surface area contributed by atoms with E-state index < -0.39 is 0 Å². The third-order valence-electron chi connectivity index (χ3n) is 3.08. The summed E-state index contributed by atoms with van der Waals surface area (Å²) in [5, 5.41) is 3.65. The zero-order chi connectivity index (χ0) is 12.5. The highest BCUT2D eigenvalue weighted by atomic mass is 16.5. The standard InChI is InChI=1S/C15H25NO/c1-4-8-14(5-2)16-15-10-7-6-9-13(15)11-12-17-3/h6-7,9-10,14,16H,4-5,8,11-12H2,1-3H3. The Morgan fingerprint density at radius 1 is 1.24 bits per heavy atom. The summed E-state index contributed by atoms with van der Waals surface area (Å²) in [4.78, 5) is 0. The van der Waals surface area contributed by atoms with Crippen LogP contribution in [0.3, 0.4) is 0 Å². The maximum Gasteiger partial charge on any atom is 0.0503 e. The minimum atomic E-state index is 0.587. The molecule has 1 unspecified atom stereocenters. The lowest BCUT2D eigenvalue weighted by molar-refractivity contribution is 0.202. The van der Waals surface area contributed by atoms with E-state index in [-0.39, 0.29) is 0 Å². The van der Waals surface area contributed by atoms with Crippen LogP contribution in [0, 0.1) is 0 Å². The Balaban J connectivity index is 2.67. The molecule has 2 heteroatoms. The first-order valence-electron chi connectivity index (χ1n) is 6.65. The molecule has 0 aromatic heterocycles. The first kappa shape index (κ1) is 14.0. The number of benzene rings is 1. The molecule has 1 N–H and O–H groups in total. The number of anilines is 1. The van der Waals surface area contributed by atoms with E-state index in [1.165, 1.54) is 30.5 Å². The van der Waals surface area contributed by atoms with Gasteiger partial charge in [0.1, 0.15) is 0 Å². The van der Waals surface area contributed by atoms with Crippen LogP contribution >= 0.6 is 0 Å². The molecule has 0 saturated carbocycles. The Morgan fingerprint density at radius 2 is 2.00 bits per heavy atom. The molecule has 17 heavy (non-hydrogen) atoms. The second-order valence-electron chi connectivity index (χ2n) is 4.44. The van der Waals surface area contributed by atoms with E-state index in [0.717, 1.165) is 13.0 Å². The third-order valence-corrected chi connectivity index (χ3v) is 3.08. The van der Waals surface area contributed by atoms with Crippen molar-refractivity contribution in [1.29, 1.82) is 0 Å². The van der Waals surface area contributed by atoms with Gasteiger partial charge in [-0.1, -0.05) is 38.5 Å². The lowest BCUT2D eigenvalue weighted by Crippen LogP contribution is -2.19. The van der Waals surface area contributed by atoms with Crippen molar-refractivity contribution in [2.45, 2.75) is 45.6 Å². The predicted molar refractivity (Wildman–Crippen MR) is 74.6 cm³/mol. The molecule has 96 valence electrons. The van der Waals surface area contributed by atoms with Gasteiger partial charge in [0.25, 0.3) is 0 Å². The van der Waals surface area contributed by atoms with E-state index in [2.05, 4.69) is 43.4 Å². The number of nitrogens with one attached hydrogen (secondary N) is 1. The summed E-state index contributed by atoms with van der Waals surface area (Å²) in [6.45, 7) is 5.26. The summed E-state index contributed by atoms with van der Waals surface area (Å²) >= 11 is 0. The molecule has 0 amide bonds. The summed E-state index contributed by atoms with van der Waals surface area (Å²) < 4.78 is 5.15. The van der Waals surface area contributed by atoms with Crippen molar-refractivity contribution >= 4 is 5.69 Å². The van der Waals surface area contributed by atoms with Crippen molar-refractivity contribution in [3.05, 3.63) is 29.8 Å². The average molecular weight is 235 g/mol. The lowest BCUT2D eigenvalue weighted by Gasteiger charge is -2.20. The van der Waals surface area contributed by atoms with Crippen LogP contribution in [0.1, 0.15) is 38.7 Å². The van der Waals surface area contributed by atoms with Crippen LogP contribution < -0.4 is 5.32 Å². The highest BCUT2D eigenvalue weighted by molar-refractivity contribution is 5.51. The van der Waals surface area contributed by atoms with Crippen molar-refractivity contribution in [3.63, 3.8) is 0 Å². The van der Waals surface area contributed by atoms with Crippen LogP contribution in [-0.2, 0) is 11.2 Å². The van der Waals surface area contributed by atoms with Crippen molar-refractivity contribution < 1.29 is 4.74 Å². The fourth-order valence-electron chi connectivity index (χ4n) is 2.04. The molecule has 1 aromatic rings. The normalized spacial score (nSPS) is 12.4. The number of methoxy groups -OCH3 is 1. The molecule has 0 radical (unpaired) electrons. The molecule has 0 aliphatic heterocycles. The smallest absolute Gasteiger partial charge is 0.0503 e. The SMILES string of the molecule is CCCC(CC)Nc1ccccc1CCOC. The van der Waals surface area contributed by atoms with Crippen molar-refractivity contribution in [1.82, 2.24) is 0 Å². The Morgan fingerprint density at radius 3 is 2.65 bits per heavy atom. The first-order valence-corrected chi connectivity index (χ1v) is 6.65. The van der Waals surface area contributed by atoms with E-state index in [9.17, 15) is 0 Å². The van der Waals surface area contributed by atoms with Crippen LogP contribution in [0.2, 0.25) is 0 Å². The van der Waals surface area contributed by atoms with Gasteiger partial charge in [-0.25, -0.2) is 0 Å². The Bertz CT molecular complexity index is 312. The zero-order valence-electron chi connectivity index (χ0n) is 11.3. The molecule has 0 saturated heterocycles. The molecule has 0 heterocycles. The second kappa shape index (κ2) is 8.13. The topological polar surface area (TPSA) is 21.3 Å². The summed E-state index contributed by atoms with van der Waals surface area (Å²) in [6, 6.07) is 9.13. The Kier molecular flexibility index (Phi) is 6.71. The summed E-state index contributed by atoms with van der Waals surface area (Å²) in [5.41, 5.74) is 2.62. The van der Waals surface area contributed by atoms with E-state index in [4.69, 9.17) is 4.74 Å². The maximum absolute atomic E-state index is 5.15. The van der Waals surface area contributed by atoms with Gasteiger partial charge in [-0.05, 0) is 30.9 Å². The van der Waals surface area contributed by atoms with Gasteiger partial charge in [0.15, 0.2) is 0 Å². The van der Waals surface area contributed by atoms with Crippen LogP contribution in [0.25, 0.3) is 0 Å². The number of hydrogen-bond donors (Lipinski definition) is 1. The van der Waals surface area contributed by atoms with Crippen molar-refractivity contribution in [3.8, 4) is 0 Å².